The molecule has 0 aliphatic rings. The highest BCUT2D eigenvalue weighted by atomic mass is 32.1. The van der Waals surface area contributed by atoms with Crippen LogP contribution in [0.15, 0.2) is 35.7 Å². The second kappa shape index (κ2) is 5.98. The number of benzene rings is 1. The van der Waals surface area contributed by atoms with Gasteiger partial charge in [-0.1, -0.05) is 6.07 Å². The average molecular weight is 265 g/mol. The van der Waals surface area contributed by atoms with Gasteiger partial charge in [0.2, 0.25) is 0 Å². The molecule has 0 aliphatic heterocycles. The van der Waals surface area contributed by atoms with Crippen molar-refractivity contribution >= 4 is 11.3 Å². The number of nitrogens with two attached hydrogens (primary N) is 1. The molecule has 96 valence electrons. The Morgan fingerprint density at radius 3 is 2.83 bits per heavy atom. The van der Waals surface area contributed by atoms with Crippen molar-refractivity contribution in [3.05, 3.63) is 52.0 Å². The normalized spacial score (nSPS) is 12.4. The molecule has 4 heteroatoms. The highest BCUT2D eigenvalue weighted by Crippen LogP contribution is 2.34. The van der Waals surface area contributed by atoms with E-state index in [1.165, 1.54) is 12.1 Å². The quantitative estimate of drug-likeness (QED) is 0.899. The van der Waals surface area contributed by atoms with Gasteiger partial charge in [-0.15, -0.1) is 11.3 Å². The molecular weight excluding hydrogens is 249 g/mol. The Morgan fingerprint density at radius 1 is 1.39 bits per heavy atom. The van der Waals surface area contributed by atoms with Gasteiger partial charge in [0, 0.05) is 22.9 Å². The van der Waals surface area contributed by atoms with E-state index in [9.17, 15) is 4.39 Å². The van der Waals surface area contributed by atoms with Gasteiger partial charge < -0.3 is 10.5 Å². The lowest BCUT2D eigenvalue weighted by molar-refractivity contribution is 0.334. The van der Waals surface area contributed by atoms with Crippen LogP contribution in [-0.2, 0) is 0 Å². The second-order valence-electron chi connectivity index (χ2n) is 3.92. The Morgan fingerprint density at radius 2 is 2.22 bits per heavy atom. The Hall–Kier alpha value is -1.39. The Labute approximate surface area is 110 Å². The minimum absolute atomic E-state index is 0.0118. The third-order valence-electron chi connectivity index (χ3n) is 2.77. The van der Waals surface area contributed by atoms with Crippen LogP contribution in [-0.4, -0.2) is 13.2 Å². The van der Waals surface area contributed by atoms with Crippen molar-refractivity contribution in [2.24, 2.45) is 5.73 Å². The van der Waals surface area contributed by atoms with Crippen molar-refractivity contribution in [3.63, 3.8) is 0 Å². The molecule has 1 atom stereocenters. The zero-order valence-electron chi connectivity index (χ0n) is 10.2. The van der Waals surface area contributed by atoms with Crippen LogP contribution >= 0.6 is 11.3 Å². The van der Waals surface area contributed by atoms with Crippen molar-refractivity contribution in [2.75, 3.05) is 13.2 Å². The van der Waals surface area contributed by atoms with Gasteiger partial charge in [-0.2, -0.15) is 0 Å². The summed E-state index contributed by atoms with van der Waals surface area (Å²) in [6, 6.07) is 8.59. The summed E-state index contributed by atoms with van der Waals surface area (Å²) in [4.78, 5) is 1.13. The third kappa shape index (κ3) is 2.71. The molecule has 2 rings (SSSR count). The summed E-state index contributed by atoms with van der Waals surface area (Å²) in [6.45, 7) is 2.90. The van der Waals surface area contributed by atoms with Crippen molar-refractivity contribution in [1.82, 2.24) is 0 Å². The predicted molar refractivity (Wildman–Crippen MR) is 72.8 cm³/mol. The van der Waals surface area contributed by atoms with Crippen molar-refractivity contribution in [2.45, 2.75) is 12.8 Å². The van der Waals surface area contributed by atoms with Crippen molar-refractivity contribution in [3.8, 4) is 5.75 Å². The van der Waals surface area contributed by atoms with Crippen LogP contribution in [0.3, 0.4) is 0 Å². The first-order valence-corrected chi connectivity index (χ1v) is 6.80. The number of hydrogen-bond donors (Lipinski definition) is 1. The van der Waals surface area contributed by atoms with Crippen LogP contribution in [0.4, 0.5) is 4.39 Å². The largest absolute Gasteiger partial charge is 0.494 e. The molecule has 1 aromatic carbocycles. The first kappa shape index (κ1) is 13.1. The van der Waals surface area contributed by atoms with Crippen LogP contribution in [0, 0.1) is 5.82 Å². The van der Waals surface area contributed by atoms with E-state index >= 15 is 0 Å². The fraction of sp³-hybridized carbons (Fsp3) is 0.286. The number of halogens is 1. The van der Waals surface area contributed by atoms with Crippen LogP contribution in [0.1, 0.15) is 23.3 Å². The maximum absolute atomic E-state index is 13.4. The molecule has 0 spiro atoms. The molecule has 0 saturated heterocycles. The first-order valence-electron chi connectivity index (χ1n) is 5.92. The van der Waals surface area contributed by atoms with Gasteiger partial charge in [-0.3, -0.25) is 0 Å². The van der Waals surface area contributed by atoms with E-state index in [2.05, 4.69) is 0 Å². The fourth-order valence-corrected chi connectivity index (χ4v) is 2.82. The molecule has 2 nitrogen and oxygen atoms in total. The predicted octanol–water partition coefficient (Wildman–Crippen LogP) is 3.38. The number of thiophene rings is 1. The standard InChI is InChI=1S/C14H16FNOS/c1-2-17-13-6-5-10(15)8-11(13)12(9-16)14-4-3-7-18-14/h3-8,12H,2,9,16H2,1H3. The molecule has 1 unspecified atom stereocenters. The van der Waals surface area contributed by atoms with E-state index in [-0.39, 0.29) is 11.7 Å². The minimum Gasteiger partial charge on any atom is -0.494 e. The van der Waals surface area contributed by atoms with Crippen molar-refractivity contribution in [1.29, 1.82) is 0 Å². The van der Waals surface area contributed by atoms with Crippen LogP contribution < -0.4 is 10.5 Å². The van der Waals surface area contributed by atoms with Gasteiger partial charge in [0.25, 0.3) is 0 Å². The monoisotopic (exact) mass is 265 g/mol. The maximum atomic E-state index is 13.4. The van der Waals surface area contributed by atoms with Gasteiger partial charge >= 0.3 is 0 Å². The zero-order chi connectivity index (χ0) is 13.0. The highest BCUT2D eigenvalue weighted by molar-refractivity contribution is 7.10. The molecule has 1 heterocycles. The van der Waals surface area contributed by atoms with Gasteiger partial charge in [-0.25, -0.2) is 4.39 Å². The molecule has 0 saturated carbocycles. The first-order chi connectivity index (χ1) is 8.76. The molecule has 1 aromatic heterocycles. The van der Waals surface area contributed by atoms with Gasteiger partial charge in [0.05, 0.1) is 6.61 Å². The third-order valence-corrected chi connectivity index (χ3v) is 3.76. The molecule has 0 fully saturated rings. The average Bonchev–Trinajstić information content (AvgIpc) is 2.87. The van der Waals surface area contributed by atoms with E-state index in [0.29, 0.717) is 18.9 Å². The molecular formula is C14H16FNOS. The maximum Gasteiger partial charge on any atom is 0.123 e. The van der Waals surface area contributed by atoms with Crippen LogP contribution in [0.25, 0.3) is 0 Å². The summed E-state index contributed by atoms with van der Waals surface area (Å²) in [6.07, 6.45) is 0. The summed E-state index contributed by atoms with van der Waals surface area (Å²) in [5.74, 6) is 0.438. The topological polar surface area (TPSA) is 35.2 Å². The SMILES string of the molecule is CCOc1ccc(F)cc1C(CN)c1cccs1. The van der Waals surface area contributed by atoms with E-state index in [1.807, 2.05) is 24.4 Å². The lowest BCUT2D eigenvalue weighted by Crippen LogP contribution is -2.14. The highest BCUT2D eigenvalue weighted by Gasteiger charge is 2.18. The van der Waals surface area contributed by atoms with E-state index in [1.54, 1.807) is 17.4 Å². The summed E-state index contributed by atoms with van der Waals surface area (Å²) < 4.78 is 19.0. The summed E-state index contributed by atoms with van der Waals surface area (Å²) in [5.41, 5.74) is 6.66. The lowest BCUT2D eigenvalue weighted by Gasteiger charge is -2.18. The second-order valence-corrected chi connectivity index (χ2v) is 4.90. The van der Waals surface area contributed by atoms with Gasteiger partial charge in [-0.05, 0) is 36.6 Å². The fourth-order valence-electron chi connectivity index (χ4n) is 1.96. The van der Waals surface area contributed by atoms with Crippen LogP contribution in [0.5, 0.6) is 5.75 Å². The van der Waals surface area contributed by atoms with Crippen LogP contribution in [0.2, 0.25) is 0 Å². The molecule has 0 aliphatic carbocycles. The van der Waals surface area contributed by atoms with E-state index in [0.717, 1.165) is 10.4 Å². The number of rotatable bonds is 5. The summed E-state index contributed by atoms with van der Waals surface area (Å²) in [7, 11) is 0. The molecule has 0 radical (unpaired) electrons. The summed E-state index contributed by atoms with van der Waals surface area (Å²) in [5, 5.41) is 2.00. The van der Waals surface area contributed by atoms with Gasteiger partial charge in [0.1, 0.15) is 11.6 Å². The molecule has 18 heavy (non-hydrogen) atoms. The minimum atomic E-state index is -0.261. The Kier molecular flexibility index (Phi) is 4.33. The molecule has 0 bridgehead atoms. The Balaban J connectivity index is 2.43. The molecule has 0 amide bonds. The van der Waals surface area contributed by atoms with Crippen molar-refractivity contribution < 1.29 is 9.13 Å². The lowest BCUT2D eigenvalue weighted by atomic mass is 9.96. The molecule has 2 aromatic rings. The molecule has 2 N–H and O–H groups in total. The smallest absolute Gasteiger partial charge is 0.123 e. The Bertz CT molecular complexity index is 499. The van der Waals surface area contributed by atoms with E-state index < -0.39 is 0 Å². The zero-order valence-corrected chi connectivity index (χ0v) is 11.0. The summed E-state index contributed by atoms with van der Waals surface area (Å²) >= 11 is 1.63. The van der Waals surface area contributed by atoms with Gasteiger partial charge in [0.15, 0.2) is 0 Å². The number of hydrogen-bond acceptors (Lipinski definition) is 3. The van der Waals surface area contributed by atoms with E-state index in [4.69, 9.17) is 10.5 Å². The number of ether oxygens (including phenoxy) is 1.